The molecule has 3 amide bonds. The Bertz CT molecular complexity index is 720. The first kappa shape index (κ1) is 15.3. The number of urea groups is 1. The number of benzene rings is 2. The zero-order valence-corrected chi connectivity index (χ0v) is 13.5. The van der Waals surface area contributed by atoms with Gasteiger partial charge in [0.1, 0.15) is 0 Å². The number of rotatable bonds is 3. The third-order valence-electron chi connectivity index (χ3n) is 4.19. The number of imide groups is 1. The summed E-state index contributed by atoms with van der Waals surface area (Å²) in [6.07, 6.45) is 0.354. The fourth-order valence-electron chi connectivity index (χ4n) is 3.02. The van der Waals surface area contributed by atoms with Crippen LogP contribution in [0.2, 0.25) is 0 Å². The Kier molecular flexibility index (Phi) is 4.15. The Morgan fingerprint density at radius 3 is 2.22 bits per heavy atom. The fourth-order valence-corrected chi connectivity index (χ4v) is 3.02. The molecule has 4 heteroatoms. The number of anilines is 1. The summed E-state index contributed by atoms with van der Waals surface area (Å²) in [4.78, 5) is 28.3. The summed E-state index contributed by atoms with van der Waals surface area (Å²) in [7, 11) is 0. The van der Waals surface area contributed by atoms with Crippen molar-refractivity contribution < 1.29 is 9.59 Å². The van der Waals surface area contributed by atoms with Crippen molar-refractivity contribution in [3.63, 3.8) is 0 Å². The quantitative estimate of drug-likeness (QED) is 0.868. The third-order valence-corrected chi connectivity index (χ3v) is 4.19. The number of carbonyl (C=O) groups is 2. The van der Waals surface area contributed by atoms with Crippen LogP contribution in [0.1, 0.15) is 23.1 Å². The van der Waals surface area contributed by atoms with Crippen LogP contribution in [0.25, 0.3) is 0 Å². The van der Waals surface area contributed by atoms with Crippen molar-refractivity contribution in [3.8, 4) is 0 Å². The summed E-state index contributed by atoms with van der Waals surface area (Å²) in [5.41, 5.74) is 3.67. The van der Waals surface area contributed by atoms with Crippen LogP contribution in [0.3, 0.4) is 0 Å². The van der Waals surface area contributed by atoms with Crippen LogP contribution in [0.4, 0.5) is 10.5 Å². The normalized spacial score (nSPS) is 15.2. The van der Waals surface area contributed by atoms with Crippen molar-refractivity contribution in [2.24, 2.45) is 0 Å². The Morgan fingerprint density at radius 1 is 0.913 bits per heavy atom. The van der Waals surface area contributed by atoms with Gasteiger partial charge in [-0.25, -0.2) is 9.69 Å². The smallest absolute Gasteiger partial charge is 0.319 e. The van der Waals surface area contributed by atoms with E-state index < -0.39 is 0 Å². The third kappa shape index (κ3) is 2.97. The van der Waals surface area contributed by atoms with Crippen molar-refractivity contribution in [1.29, 1.82) is 0 Å². The summed E-state index contributed by atoms with van der Waals surface area (Å²) < 4.78 is 0. The molecule has 1 heterocycles. The molecule has 1 fully saturated rings. The van der Waals surface area contributed by atoms with E-state index in [2.05, 4.69) is 0 Å². The lowest BCUT2D eigenvalue weighted by Gasteiger charge is -2.35. The van der Waals surface area contributed by atoms with E-state index in [9.17, 15) is 9.59 Å². The maximum absolute atomic E-state index is 12.9. The molecule has 0 N–H and O–H groups in total. The van der Waals surface area contributed by atoms with Gasteiger partial charge in [-0.2, -0.15) is 0 Å². The first-order valence-corrected chi connectivity index (χ1v) is 7.80. The highest BCUT2D eigenvalue weighted by Gasteiger charge is 2.34. The van der Waals surface area contributed by atoms with Gasteiger partial charge in [0.15, 0.2) is 0 Å². The van der Waals surface area contributed by atoms with E-state index in [1.54, 1.807) is 4.90 Å². The summed E-state index contributed by atoms with van der Waals surface area (Å²) in [6.45, 7) is 4.85. The molecule has 2 aromatic rings. The maximum Gasteiger partial charge on any atom is 0.331 e. The van der Waals surface area contributed by atoms with Gasteiger partial charge in [-0.15, -0.1) is 0 Å². The van der Waals surface area contributed by atoms with Crippen LogP contribution < -0.4 is 4.90 Å². The van der Waals surface area contributed by atoms with Gasteiger partial charge >= 0.3 is 6.03 Å². The van der Waals surface area contributed by atoms with E-state index in [1.807, 2.05) is 62.4 Å². The molecule has 3 rings (SSSR count). The second-order valence-corrected chi connectivity index (χ2v) is 5.91. The lowest BCUT2D eigenvalue weighted by molar-refractivity contribution is -0.119. The predicted octanol–water partition coefficient (Wildman–Crippen LogP) is 3.66. The highest BCUT2D eigenvalue weighted by Crippen LogP contribution is 2.28. The molecule has 0 unspecified atom stereocenters. The van der Waals surface area contributed by atoms with Crippen LogP contribution in [0.5, 0.6) is 0 Å². The first-order chi connectivity index (χ1) is 11.1. The zero-order valence-electron chi connectivity index (χ0n) is 13.5. The Balaban J connectivity index is 1.91. The Morgan fingerprint density at radius 2 is 1.57 bits per heavy atom. The molecule has 2 aromatic carbocycles. The predicted molar refractivity (Wildman–Crippen MR) is 90.3 cm³/mol. The van der Waals surface area contributed by atoms with Gasteiger partial charge in [0, 0.05) is 19.5 Å². The number of nitrogens with zero attached hydrogens (tertiary/aromatic N) is 2. The van der Waals surface area contributed by atoms with Crippen LogP contribution in [-0.4, -0.2) is 23.4 Å². The molecule has 1 aliphatic rings. The van der Waals surface area contributed by atoms with E-state index in [-0.39, 0.29) is 11.9 Å². The molecule has 0 aromatic heterocycles. The molecule has 0 aliphatic carbocycles. The highest BCUT2D eigenvalue weighted by molar-refractivity contribution is 6.16. The van der Waals surface area contributed by atoms with E-state index in [1.165, 1.54) is 4.90 Å². The number of para-hydroxylation sites is 1. The van der Waals surface area contributed by atoms with E-state index in [0.29, 0.717) is 19.5 Å². The van der Waals surface area contributed by atoms with Gasteiger partial charge in [0.25, 0.3) is 0 Å². The molecular formula is C19H20N2O2. The molecule has 118 valence electrons. The minimum atomic E-state index is -0.234. The second kappa shape index (κ2) is 6.24. The van der Waals surface area contributed by atoms with Gasteiger partial charge in [0.05, 0.1) is 5.69 Å². The first-order valence-electron chi connectivity index (χ1n) is 7.80. The van der Waals surface area contributed by atoms with E-state index in [4.69, 9.17) is 0 Å². The number of hydrogen-bond donors (Lipinski definition) is 0. The second-order valence-electron chi connectivity index (χ2n) is 5.91. The van der Waals surface area contributed by atoms with Crippen LogP contribution >= 0.6 is 0 Å². The molecule has 0 radical (unpaired) electrons. The molecule has 1 saturated heterocycles. The van der Waals surface area contributed by atoms with Gasteiger partial charge in [0.2, 0.25) is 5.91 Å². The molecule has 0 bridgehead atoms. The van der Waals surface area contributed by atoms with Crippen molar-refractivity contribution in [2.75, 3.05) is 11.4 Å². The molecule has 4 nitrogen and oxygen atoms in total. The molecule has 0 spiro atoms. The van der Waals surface area contributed by atoms with Crippen molar-refractivity contribution in [2.45, 2.75) is 26.8 Å². The summed E-state index contributed by atoms with van der Waals surface area (Å²) in [6, 6.07) is 15.4. The average Bonchev–Trinajstić information content (AvgIpc) is 2.54. The van der Waals surface area contributed by atoms with Crippen molar-refractivity contribution >= 4 is 17.6 Å². The fraction of sp³-hybridized carbons (Fsp3) is 0.263. The largest absolute Gasteiger partial charge is 0.331 e. The minimum Gasteiger partial charge on any atom is -0.319 e. The lowest BCUT2D eigenvalue weighted by atomic mass is 10.1. The van der Waals surface area contributed by atoms with Crippen LogP contribution in [-0.2, 0) is 11.3 Å². The number of aryl methyl sites for hydroxylation is 2. The molecule has 0 saturated carbocycles. The van der Waals surface area contributed by atoms with Gasteiger partial charge in [-0.05, 0) is 30.5 Å². The van der Waals surface area contributed by atoms with Crippen molar-refractivity contribution in [3.05, 3.63) is 65.2 Å². The monoisotopic (exact) mass is 308 g/mol. The van der Waals surface area contributed by atoms with Crippen molar-refractivity contribution in [1.82, 2.24) is 4.90 Å². The molecule has 1 aliphatic heterocycles. The van der Waals surface area contributed by atoms with Crippen LogP contribution in [0, 0.1) is 13.8 Å². The molecule has 0 atom stereocenters. The Hall–Kier alpha value is -2.62. The summed E-state index contributed by atoms with van der Waals surface area (Å²) in [5.74, 6) is -0.128. The van der Waals surface area contributed by atoms with E-state index >= 15 is 0 Å². The standard InChI is InChI=1S/C19H20N2O2/c1-14-7-6-8-15(2)18(14)21-17(22)11-12-20(19(21)23)13-16-9-4-3-5-10-16/h3-10H,11-13H2,1-2H3. The highest BCUT2D eigenvalue weighted by atomic mass is 16.2. The minimum absolute atomic E-state index is 0.128. The molecule has 23 heavy (non-hydrogen) atoms. The number of carbonyl (C=O) groups excluding carboxylic acids is 2. The Labute approximate surface area is 136 Å². The SMILES string of the molecule is Cc1cccc(C)c1N1C(=O)CCN(Cc2ccccc2)C1=O. The topological polar surface area (TPSA) is 40.6 Å². The summed E-state index contributed by atoms with van der Waals surface area (Å²) >= 11 is 0. The maximum atomic E-state index is 12.9. The van der Waals surface area contributed by atoms with Crippen LogP contribution in [0.15, 0.2) is 48.5 Å². The van der Waals surface area contributed by atoms with Gasteiger partial charge in [-0.1, -0.05) is 48.5 Å². The lowest BCUT2D eigenvalue weighted by Crippen LogP contribution is -2.52. The average molecular weight is 308 g/mol. The number of hydrogen-bond acceptors (Lipinski definition) is 2. The van der Waals surface area contributed by atoms with Gasteiger partial charge in [-0.3, -0.25) is 4.79 Å². The van der Waals surface area contributed by atoms with E-state index in [0.717, 1.165) is 22.4 Å². The number of amides is 3. The zero-order chi connectivity index (χ0) is 16.4. The van der Waals surface area contributed by atoms with Gasteiger partial charge < -0.3 is 4.90 Å². The summed E-state index contributed by atoms with van der Waals surface area (Å²) in [5, 5.41) is 0. The molecular weight excluding hydrogens is 288 g/mol.